The SMILES string of the molecule is COc1ccc([C@@H](CCN2CCCCC2)c2c(O)cc(OC)cc2OC)cc1. The summed E-state index contributed by atoms with van der Waals surface area (Å²) in [5, 5.41) is 10.8. The third-order valence-corrected chi connectivity index (χ3v) is 5.60. The van der Waals surface area contributed by atoms with E-state index in [4.69, 9.17) is 14.2 Å². The van der Waals surface area contributed by atoms with Gasteiger partial charge in [0.05, 0.1) is 21.3 Å². The second-order valence-electron chi connectivity index (χ2n) is 7.28. The first-order chi connectivity index (χ1) is 13.7. The van der Waals surface area contributed by atoms with Crippen LogP contribution in [0.3, 0.4) is 0 Å². The van der Waals surface area contributed by atoms with E-state index in [-0.39, 0.29) is 11.7 Å². The summed E-state index contributed by atoms with van der Waals surface area (Å²) in [6, 6.07) is 11.6. The number of rotatable bonds is 8. The summed E-state index contributed by atoms with van der Waals surface area (Å²) in [4.78, 5) is 2.52. The lowest BCUT2D eigenvalue weighted by Gasteiger charge is -2.29. The largest absolute Gasteiger partial charge is 0.507 e. The van der Waals surface area contributed by atoms with Crippen LogP contribution < -0.4 is 14.2 Å². The van der Waals surface area contributed by atoms with Gasteiger partial charge in [0.2, 0.25) is 0 Å². The lowest BCUT2D eigenvalue weighted by molar-refractivity contribution is 0.223. The normalized spacial score (nSPS) is 15.8. The number of phenols is 1. The zero-order chi connectivity index (χ0) is 19.9. The van der Waals surface area contributed by atoms with Crippen molar-refractivity contribution in [2.45, 2.75) is 31.6 Å². The second kappa shape index (κ2) is 9.69. The van der Waals surface area contributed by atoms with E-state index in [2.05, 4.69) is 17.0 Å². The predicted molar refractivity (Wildman–Crippen MR) is 111 cm³/mol. The second-order valence-corrected chi connectivity index (χ2v) is 7.28. The van der Waals surface area contributed by atoms with Crippen molar-refractivity contribution >= 4 is 0 Å². The predicted octanol–water partition coefficient (Wildman–Crippen LogP) is 4.43. The molecule has 1 fully saturated rings. The average Bonchev–Trinajstić information content (AvgIpc) is 2.75. The van der Waals surface area contributed by atoms with Gasteiger partial charge in [-0.25, -0.2) is 0 Å². The quantitative estimate of drug-likeness (QED) is 0.729. The Kier molecular flexibility index (Phi) is 7.04. The van der Waals surface area contributed by atoms with Crippen LogP contribution >= 0.6 is 0 Å². The molecule has 0 spiro atoms. The molecule has 1 atom stereocenters. The fourth-order valence-corrected chi connectivity index (χ4v) is 4.03. The number of nitrogens with zero attached hydrogens (tertiary/aromatic N) is 1. The molecule has 1 N–H and O–H groups in total. The summed E-state index contributed by atoms with van der Waals surface area (Å²) in [7, 11) is 4.89. The van der Waals surface area contributed by atoms with Crippen LogP contribution in [0.4, 0.5) is 0 Å². The molecule has 1 aliphatic heterocycles. The van der Waals surface area contributed by atoms with Crippen LogP contribution in [0.2, 0.25) is 0 Å². The van der Waals surface area contributed by atoms with Gasteiger partial charge >= 0.3 is 0 Å². The third-order valence-electron chi connectivity index (χ3n) is 5.60. The molecule has 0 aromatic heterocycles. The molecule has 28 heavy (non-hydrogen) atoms. The lowest BCUT2D eigenvalue weighted by Crippen LogP contribution is -2.31. The van der Waals surface area contributed by atoms with E-state index < -0.39 is 0 Å². The zero-order valence-corrected chi connectivity index (χ0v) is 17.1. The molecule has 0 saturated carbocycles. The lowest BCUT2D eigenvalue weighted by atomic mass is 9.86. The fraction of sp³-hybridized carbons (Fsp3) is 0.478. The van der Waals surface area contributed by atoms with Crippen molar-refractivity contribution in [2.24, 2.45) is 0 Å². The van der Waals surface area contributed by atoms with E-state index in [0.717, 1.165) is 42.9 Å². The molecule has 3 rings (SSSR count). The van der Waals surface area contributed by atoms with E-state index in [0.29, 0.717) is 11.5 Å². The standard InChI is InChI=1S/C23H31NO4/c1-26-18-9-7-17(8-10-18)20(11-14-24-12-5-4-6-13-24)23-21(25)15-19(27-2)16-22(23)28-3/h7-10,15-16,20,25H,4-6,11-14H2,1-3H3/t20-/m1/s1. The maximum absolute atomic E-state index is 10.8. The Hall–Kier alpha value is -2.40. The van der Waals surface area contributed by atoms with Crippen LogP contribution in [0.5, 0.6) is 23.0 Å². The number of aromatic hydroxyl groups is 1. The Morgan fingerprint density at radius 1 is 0.893 bits per heavy atom. The van der Waals surface area contributed by atoms with Gasteiger partial charge in [0, 0.05) is 23.6 Å². The molecule has 5 nitrogen and oxygen atoms in total. The number of methoxy groups -OCH3 is 3. The van der Waals surface area contributed by atoms with E-state index >= 15 is 0 Å². The number of ether oxygens (including phenoxy) is 3. The topological polar surface area (TPSA) is 51.2 Å². The van der Waals surface area contributed by atoms with Crippen LogP contribution in [0.25, 0.3) is 0 Å². The average molecular weight is 386 g/mol. The van der Waals surface area contributed by atoms with E-state index in [1.165, 1.54) is 19.3 Å². The molecule has 152 valence electrons. The van der Waals surface area contributed by atoms with E-state index in [1.54, 1.807) is 27.4 Å². The Bertz CT molecular complexity index is 754. The molecule has 5 heteroatoms. The molecule has 0 bridgehead atoms. The third kappa shape index (κ3) is 4.71. The first-order valence-corrected chi connectivity index (χ1v) is 9.97. The first-order valence-electron chi connectivity index (χ1n) is 9.97. The van der Waals surface area contributed by atoms with Gasteiger partial charge in [0.1, 0.15) is 23.0 Å². The molecule has 0 amide bonds. The Balaban J connectivity index is 1.94. The number of phenolic OH excluding ortho intramolecular Hbond substituents is 1. The van der Waals surface area contributed by atoms with Crippen LogP contribution in [-0.4, -0.2) is 51.0 Å². The van der Waals surface area contributed by atoms with Crippen LogP contribution in [0, 0.1) is 0 Å². The molecule has 0 unspecified atom stereocenters. The van der Waals surface area contributed by atoms with Gasteiger partial charge in [-0.2, -0.15) is 0 Å². The number of hydrogen-bond acceptors (Lipinski definition) is 5. The van der Waals surface area contributed by atoms with E-state index in [1.807, 2.05) is 18.2 Å². The Morgan fingerprint density at radius 3 is 2.18 bits per heavy atom. The minimum Gasteiger partial charge on any atom is -0.507 e. The van der Waals surface area contributed by atoms with Gasteiger partial charge in [0.25, 0.3) is 0 Å². The number of piperidine rings is 1. The highest BCUT2D eigenvalue weighted by Gasteiger charge is 2.24. The van der Waals surface area contributed by atoms with Crippen LogP contribution in [0.1, 0.15) is 42.7 Å². The van der Waals surface area contributed by atoms with E-state index in [9.17, 15) is 5.11 Å². The highest BCUT2D eigenvalue weighted by molar-refractivity contribution is 5.54. The molecule has 1 saturated heterocycles. The molecular weight excluding hydrogens is 354 g/mol. The van der Waals surface area contributed by atoms with Crippen molar-refractivity contribution in [1.29, 1.82) is 0 Å². The highest BCUT2D eigenvalue weighted by atomic mass is 16.5. The van der Waals surface area contributed by atoms with Crippen molar-refractivity contribution in [3.05, 3.63) is 47.5 Å². The summed E-state index contributed by atoms with van der Waals surface area (Å²) in [6.07, 6.45) is 4.77. The summed E-state index contributed by atoms with van der Waals surface area (Å²) in [5.41, 5.74) is 1.95. The Labute approximate surface area is 167 Å². The van der Waals surface area contributed by atoms with Crippen molar-refractivity contribution in [2.75, 3.05) is 41.0 Å². The molecule has 1 heterocycles. The van der Waals surface area contributed by atoms with Gasteiger partial charge in [0.15, 0.2) is 0 Å². The number of benzene rings is 2. The molecule has 1 aliphatic rings. The van der Waals surface area contributed by atoms with Crippen LogP contribution in [-0.2, 0) is 0 Å². The molecule has 0 radical (unpaired) electrons. The molecule has 2 aromatic carbocycles. The first kappa shape index (κ1) is 20.3. The van der Waals surface area contributed by atoms with Gasteiger partial charge < -0.3 is 24.2 Å². The van der Waals surface area contributed by atoms with Crippen molar-refractivity contribution in [3.8, 4) is 23.0 Å². The minimum absolute atomic E-state index is 0.0219. The molecule has 2 aromatic rings. The monoisotopic (exact) mass is 385 g/mol. The smallest absolute Gasteiger partial charge is 0.130 e. The summed E-state index contributed by atoms with van der Waals surface area (Å²) < 4.78 is 16.2. The molecular formula is C23H31NO4. The molecule has 0 aliphatic carbocycles. The number of likely N-dealkylation sites (tertiary alicyclic amines) is 1. The van der Waals surface area contributed by atoms with Crippen molar-refractivity contribution < 1.29 is 19.3 Å². The van der Waals surface area contributed by atoms with Gasteiger partial charge in [-0.1, -0.05) is 18.6 Å². The fourth-order valence-electron chi connectivity index (χ4n) is 4.03. The van der Waals surface area contributed by atoms with Gasteiger partial charge in [-0.3, -0.25) is 0 Å². The zero-order valence-electron chi connectivity index (χ0n) is 17.1. The summed E-state index contributed by atoms with van der Waals surface area (Å²) in [5.74, 6) is 2.28. The van der Waals surface area contributed by atoms with Crippen LogP contribution in [0.15, 0.2) is 36.4 Å². The summed E-state index contributed by atoms with van der Waals surface area (Å²) >= 11 is 0. The maximum atomic E-state index is 10.8. The Morgan fingerprint density at radius 2 is 1.57 bits per heavy atom. The van der Waals surface area contributed by atoms with Crippen molar-refractivity contribution in [1.82, 2.24) is 4.90 Å². The van der Waals surface area contributed by atoms with Crippen molar-refractivity contribution in [3.63, 3.8) is 0 Å². The van der Waals surface area contributed by atoms with Gasteiger partial charge in [-0.05, 0) is 56.6 Å². The maximum Gasteiger partial charge on any atom is 0.130 e. The number of hydrogen-bond donors (Lipinski definition) is 1. The summed E-state index contributed by atoms with van der Waals surface area (Å²) in [6.45, 7) is 3.30. The minimum atomic E-state index is 0.0219. The van der Waals surface area contributed by atoms with Gasteiger partial charge in [-0.15, -0.1) is 0 Å². The highest BCUT2D eigenvalue weighted by Crippen LogP contribution is 2.43.